The first-order valence-corrected chi connectivity index (χ1v) is 4.55. The molecule has 2 aliphatic heterocycles. The van der Waals surface area contributed by atoms with E-state index < -0.39 is 0 Å². The van der Waals surface area contributed by atoms with E-state index in [1.54, 1.807) is 12.5 Å². The second-order valence-corrected chi connectivity index (χ2v) is 3.45. The van der Waals surface area contributed by atoms with Crippen LogP contribution in [0.2, 0.25) is 0 Å². The van der Waals surface area contributed by atoms with Crippen molar-refractivity contribution in [2.24, 2.45) is 4.99 Å². The topological polar surface area (TPSA) is 45.1 Å². The Morgan fingerprint density at radius 2 is 2.46 bits per heavy atom. The van der Waals surface area contributed by atoms with Crippen LogP contribution in [0.1, 0.15) is 13.3 Å². The van der Waals surface area contributed by atoms with Crippen molar-refractivity contribution in [3.05, 3.63) is 12.3 Å². The molecule has 1 saturated heterocycles. The molecule has 0 radical (unpaired) electrons. The molecule has 3 atom stereocenters. The van der Waals surface area contributed by atoms with Gasteiger partial charge in [-0.3, -0.25) is 0 Å². The van der Waals surface area contributed by atoms with E-state index >= 15 is 0 Å². The summed E-state index contributed by atoms with van der Waals surface area (Å²) in [6, 6.07) is 0. The zero-order chi connectivity index (χ0) is 9.26. The average molecular weight is 182 g/mol. The Balaban J connectivity index is 1.95. The third-order valence-electron chi connectivity index (χ3n) is 2.45. The maximum absolute atomic E-state index is 9.48. The van der Waals surface area contributed by atoms with Crippen LogP contribution in [0.5, 0.6) is 0 Å². The fourth-order valence-corrected chi connectivity index (χ4v) is 1.60. The lowest BCUT2D eigenvalue weighted by atomic mass is 10.2. The molecular weight excluding hydrogens is 168 g/mol. The van der Waals surface area contributed by atoms with Gasteiger partial charge < -0.3 is 14.7 Å². The highest BCUT2D eigenvalue weighted by molar-refractivity contribution is 5.57. The van der Waals surface area contributed by atoms with Crippen molar-refractivity contribution >= 4 is 6.34 Å². The Labute approximate surface area is 77.5 Å². The Bertz CT molecular complexity index is 230. The van der Waals surface area contributed by atoms with E-state index in [0.717, 1.165) is 6.54 Å². The summed E-state index contributed by atoms with van der Waals surface area (Å²) in [5.41, 5.74) is 0. The molecule has 72 valence electrons. The second-order valence-electron chi connectivity index (χ2n) is 3.45. The van der Waals surface area contributed by atoms with E-state index in [1.807, 2.05) is 17.9 Å². The van der Waals surface area contributed by atoms with Gasteiger partial charge in [0, 0.05) is 19.2 Å². The molecule has 1 N–H and O–H groups in total. The molecular formula is C9H14N2O2. The van der Waals surface area contributed by atoms with E-state index in [9.17, 15) is 5.11 Å². The maximum Gasteiger partial charge on any atom is 0.134 e. The van der Waals surface area contributed by atoms with E-state index in [2.05, 4.69) is 4.99 Å². The van der Waals surface area contributed by atoms with Gasteiger partial charge in [-0.15, -0.1) is 0 Å². The zero-order valence-corrected chi connectivity index (χ0v) is 7.63. The van der Waals surface area contributed by atoms with Crippen LogP contribution in [0.3, 0.4) is 0 Å². The molecule has 2 aliphatic rings. The fraction of sp³-hybridized carbons (Fsp3) is 0.667. The maximum atomic E-state index is 9.48. The number of rotatable bonds is 1. The molecule has 0 aromatic heterocycles. The fourth-order valence-electron chi connectivity index (χ4n) is 1.60. The number of aliphatic hydroxyl groups is 1. The standard InChI is InChI=1S/C9H14N2O2/c1-7-8(12)5-9(13-7)11-4-2-3-10-6-11/h2-3,6-9,12H,4-5H2,1H3/t7-,8-,9-/m1/s1. The van der Waals surface area contributed by atoms with Crippen LogP contribution in [-0.4, -0.2) is 41.3 Å². The van der Waals surface area contributed by atoms with Gasteiger partial charge in [0.1, 0.15) is 6.23 Å². The van der Waals surface area contributed by atoms with Gasteiger partial charge in [-0.05, 0) is 13.0 Å². The van der Waals surface area contributed by atoms with E-state index in [0.29, 0.717) is 6.42 Å². The van der Waals surface area contributed by atoms with Crippen molar-refractivity contribution in [1.29, 1.82) is 0 Å². The van der Waals surface area contributed by atoms with Crippen LogP contribution in [0, 0.1) is 0 Å². The van der Waals surface area contributed by atoms with Gasteiger partial charge in [-0.2, -0.15) is 0 Å². The van der Waals surface area contributed by atoms with E-state index in [4.69, 9.17) is 4.74 Å². The average Bonchev–Trinajstić information content (AvgIpc) is 2.49. The highest BCUT2D eigenvalue weighted by Crippen LogP contribution is 2.22. The van der Waals surface area contributed by atoms with Crippen LogP contribution in [0.4, 0.5) is 0 Å². The number of hydrogen-bond donors (Lipinski definition) is 1. The summed E-state index contributed by atoms with van der Waals surface area (Å²) in [4.78, 5) is 6.00. The largest absolute Gasteiger partial charge is 0.390 e. The lowest BCUT2D eigenvalue weighted by Crippen LogP contribution is -2.35. The third-order valence-corrected chi connectivity index (χ3v) is 2.45. The highest BCUT2D eigenvalue weighted by Gasteiger charge is 2.33. The summed E-state index contributed by atoms with van der Waals surface area (Å²) in [6.07, 6.45) is 5.74. The quantitative estimate of drug-likeness (QED) is 0.636. The van der Waals surface area contributed by atoms with Crippen molar-refractivity contribution in [1.82, 2.24) is 4.90 Å². The van der Waals surface area contributed by atoms with Crippen molar-refractivity contribution in [2.75, 3.05) is 6.54 Å². The van der Waals surface area contributed by atoms with E-state index in [1.165, 1.54) is 0 Å². The van der Waals surface area contributed by atoms with Gasteiger partial charge in [0.05, 0.1) is 18.5 Å². The molecule has 0 aromatic carbocycles. The van der Waals surface area contributed by atoms with Crippen LogP contribution in [-0.2, 0) is 4.74 Å². The SMILES string of the molecule is C[C@H]1O[C@@H](N2C=NC=CC2)C[C@H]1O. The molecule has 2 rings (SSSR count). The Morgan fingerprint density at radius 1 is 1.62 bits per heavy atom. The van der Waals surface area contributed by atoms with Crippen LogP contribution in [0.15, 0.2) is 17.3 Å². The Hall–Kier alpha value is -0.870. The number of aliphatic hydroxyl groups excluding tert-OH is 1. The minimum absolute atomic E-state index is 0.0151. The number of nitrogens with zero attached hydrogens (tertiary/aromatic N) is 2. The molecule has 0 spiro atoms. The normalized spacial score (nSPS) is 38.6. The predicted octanol–water partition coefficient (Wildman–Crippen LogP) is 0.340. The molecule has 0 aromatic rings. The first kappa shape index (κ1) is 8.72. The van der Waals surface area contributed by atoms with Gasteiger partial charge in [-0.25, -0.2) is 4.99 Å². The van der Waals surface area contributed by atoms with Crippen LogP contribution in [0.25, 0.3) is 0 Å². The van der Waals surface area contributed by atoms with Crippen molar-refractivity contribution < 1.29 is 9.84 Å². The summed E-state index contributed by atoms with van der Waals surface area (Å²) >= 11 is 0. The minimum Gasteiger partial charge on any atom is -0.390 e. The molecule has 4 nitrogen and oxygen atoms in total. The Morgan fingerprint density at radius 3 is 3.00 bits per heavy atom. The third kappa shape index (κ3) is 1.73. The number of aliphatic imine (C=N–C) groups is 1. The van der Waals surface area contributed by atoms with Crippen molar-refractivity contribution in [3.8, 4) is 0 Å². The zero-order valence-electron chi connectivity index (χ0n) is 7.63. The summed E-state index contributed by atoms with van der Waals surface area (Å²) in [6.45, 7) is 2.70. The molecule has 0 amide bonds. The monoisotopic (exact) mass is 182 g/mol. The minimum atomic E-state index is -0.343. The second kappa shape index (κ2) is 3.47. The first-order valence-electron chi connectivity index (χ1n) is 4.55. The van der Waals surface area contributed by atoms with E-state index in [-0.39, 0.29) is 18.4 Å². The van der Waals surface area contributed by atoms with Gasteiger partial charge >= 0.3 is 0 Å². The molecule has 0 unspecified atom stereocenters. The number of hydrogen-bond acceptors (Lipinski definition) is 4. The summed E-state index contributed by atoms with van der Waals surface area (Å²) in [5.74, 6) is 0. The van der Waals surface area contributed by atoms with Gasteiger partial charge in [-0.1, -0.05) is 0 Å². The molecule has 0 aliphatic carbocycles. The highest BCUT2D eigenvalue weighted by atomic mass is 16.5. The lowest BCUT2D eigenvalue weighted by Gasteiger charge is -2.25. The first-order chi connectivity index (χ1) is 6.27. The van der Waals surface area contributed by atoms with Gasteiger partial charge in [0.25, 0.3) is 0 Å². The number of ether oxygens (including phenoxy) is 1. The summed E-state index contributed by atoms with van der Waals surface area (Å²) in [5, 5.41) is 9.48. The predicted molar refractivity (Wildman–Crippen MR) is 49.3 cm³/mol. The smallest absolute Gasteiger partial charge is 0.134 e. The lowest BCUT2D eigenvalue weighted by molar-refractivity contribution is -0.0234. The van der Waals surface area contributed by atoms with Crippen molar-refractivity contribution in [2.45, 2.75) is 31.8 Å². The molecule has 13 heavy (non-hydrogen) atoms. The van der Waals surface area contributed by atoms with Gasteiger partial charge in [0.15, 0.2) is 0 Å². The molecule has 4 heteroatoms. The summed E-state index contributed by atoms with van der Waals surface area (Å²) in [7, 11) is 0. The van der Waals surface area contributed by atoms with Crippen LogP contribution < -0.4 is 0 Å². The molecule has 0 saturated carbocycles. The van der Waals surface area contributed by atoms with Crippen molar-refractivity contribution in [3.63, 3.8) is 0 Å². The van der Waals surface area contributed by atoms with Crippen LogP contribution >= 0.6 is 0 Å². The molecule has 2 heterocycles. The molecule has 0 bridgehead atoms. The Kier molecular flexibility index (Phi) is 2.33. The van der Waals surface area contributed by atoms with Gasteiger partial charge in [0.2, 0.25) is 0 Å². The molecule has 1 fully saturated rings. The summed E-state index contributed by atoms with van der Waals surface area (Å²) < 4.78 is 5.56.